The number of ether oxygens (including phenoxy) is 1. The van der Waals surface area contributed by atoms with E-state index in [9.17, 15) is 4.79 Å². The number of hydrogen-bond donors (Lipinski definition) is 0. The molecule has 3 heteroatoms. The van der Waals surface area contributed by atoms with E-state index in [0.29, 0.717) is 0 Å². The zero-order valence-electron chi connectivity index (χ0n) is 10.4. The monoisotopic (exact) mass is 250 g/mol. The molecule has 0 bridgehead atoms. The predicted molar refractivity (Wildman–Crippen MR) is 72.2 cm³/mol. The van der Waals surface area contributed by atoms with Crippen LogP contribution in [0.3, 0.4) is 0 Å². The summed E-state index contributed by atoms with van der Waals surface area (Å²) in [5.41, 5.74) is 1.85. The lowest BCUT2D eigenvalue weighted by molar-refractivity contribution is 0.0984. The molecule has 2 rings (SSSR count). The van der Waals surface area contributed by atoms with Crippen LogP contribution in [0.25, 0.3) is 0 Å². The molecule has 1 aromatic rings. The lowest BCUT2D eigenvalue weighted by Crippen LogP contribution is -2.21. The molecule has 0 saturated carbocycles. The van der Waals surface area contributed by atoms with Gasteiger partial charge in [0.15, 0.2) is 5.78 Å². The molecule has 1 aromatic carbocycles. The van der Waals surface area contributed by atoms with E-state index in [2.05, 4.69) is 0 Å². The van der Waals surface area contributed by atoms with Gasteiger partial charge in [-0.3, -0.25) is 4.79 Å². The van der Waals surface area contributed by atoms with E-state index >= 15 is 0 Å². The summed E-state index contributed by atoms with van der Waals surface area (Å²) in [4.78, 5) is 12.3. The smallest absolute Gasteiger partial charge is 0.175 e. The van der Waals surface area contributed by atoms with Crippen molar-refractivity contribution in [3.05, 3.63) is 29.3 Å². The minimum atomic E-state index is 0.149. The first-order valence-corrected chi connectivity index (χ1v) is 7.07. The van der Waals surface area contributed by atoms with Crippen LogP contribution < -0.4 is 4.74 Å². The molecular weight excluding hydrogens is 232 g/mol. The van der Waals surface area contributed by atoms with Crippen molar-refractivity contribution >= 4 is 17.5 Å². The van der Waals surface area contributed by atoms with Crippen LogP contribution in [-0.4, -0.2) is 23.9 Å². The number of aryl methyl sites for hydroxylation is 1. The number of Topliss-reactive ketones (excluding diaryl/α,β-unsaturated/α-hetero) is 1. The van der Waals surface area contributed by atoms with Gasteiger partial charge in [0, 0.05) is 5.56 Å². The van der Waals surface area contributed by atoms with Gasteiger partial charge in [-0.25, -0.2) is 0 Å². The lowest BCUT2D eigenvalue weighted by Gasteiger charge is -2.20. The van der Waals surface area contributed by atoms with Gasteiger partial charge in [0.05, 0.1) is 12.4 Å². The maximum absolute atomic E-state index is 12.3. The molecule has 1 saturated heterocycles. The Kier molecular flexibility index (Phi) is 4.11. The molecule has 0 aromatic heterocycles. The Morgan fingerprint density at radius 2 is 2.24 bits per heavy atom. The molecule has 92 valence electrons. The van der Waals surface area contributed by atoms with Crippen LogP contribution in [0.2, 0.25) is 0 Å². The van der Waals surface area contributed by atoms with Gasteiger partial charge in [-0.1, -0.05) is 18.6 Å². The molecule has 1 atom stereocenters. The number of thioether (sulfide) groups is 1. The topological polar surface area (TPSA) is 26.3 Å². The minimum Gasteiger partial charge on any atom is -0.496 e. The van der Waals surface area contributed by atoms with Gasteiger partial charge in [0.25, 0.3) is 0 Å². The number of methoxy groups -OCH3 is 1. The first-order valence-electron chi connectivity index (χ1n) is 6.03. The minimum absolute atomic E-state index is 0.149. The summed E-state index contributed by atoms with van der Waals surface area (Å²) in [6.45, 7) is 1.99. The lowest BCUT2D eigenvalue weighted by atomic mass is 10.0. The van der Waals surface area contributed by atoms with Crippen LogP contribution in [0.4, 0.5) is 0 Å². The Balaban J connectivity index is 2.18. The van der Waals surface area contributed by atoms with Crippen LogP contribution in [0.5, 0.6) is 5.75 Å². The van der Waals surface area contributed by atoms with E-state index in [1.807, 2.05) is 25.1 Å². The molecule has 1 unspecified atom stereocenters. The molecule has 0 N–H and O–H groups in total. The fraction of sp³-hybridized carbons (Fsp3) is 0.500. The molecular formula is C14H18O2S. The normalized spacial score (nSPS) is 20.0. The fourth-order valence-corrected chi connectivity index (χ4v) is 3.38. The molecule has 0 radical (unpaired) electrons. The highest BCUT2D eigenvalue weighted by Crippen LogP contribution is 2.29. The summed E-state index contributed by atoms with van der Waals surface area (Å²) in [6.07, 6.45) is 3.43. The van der Waals surface area contributed by atoms with Crippen LogP contribution in [0.15, 0.2) is 18.2 Å². The fourth-order valence-electron chi connectivity index (χ4n) is 2.11. The first kappa shape index (κ1) is 12.5. The highest BCUT2D eigenvalue weighted by molar-refractivity contribution is 8.00. The van der Waals surface area contributed by atoms with E-state index in [0.717, 1.165) is 29.1 Å². The third-order valence-corrected chi connectivity index (χ3v) is 4.54. The van der Waals surface area contributed by atoms with Crippen molar-refractivity contribution in [2.45, 2.75) is 31.4 Å². The number of rotatable bonds is 3. The van der Waals surface area contributed by atoms with Gasteiger partial charge in [0.1, 0.15) is 5.75 Å². The van der Waals surface area contributed by atoms with Crippen LogP contribution in [0, 0.1) is 6.92 Å². The highest BCUT2D eigenvalue weighted by atomic mass is 32.2. The molecule has 0 amide bonds. The summed E-state index contributed by atoms with van der Waals surface area (Å²) < 4.78 is 5.26. The zero-order chi connectivity index (χ0) is 12.3. The van der Waals surface area contributed by atoms with Crippen molar-refractivity contribution in [3.63, 3.8) is 0 Å². The van der Waals surface area contributed by atoms with Gasteiger partial charge >= 0.3 is 0 Å². The van der Waals surface area contributed by atoms with Crippen molar-refractivity contribution in [1.82, 2.24) is 0 Å². The van der Waals surface area contributed by atoms with Crippen molar-refractivity contribution in [1.29, 1.82) is 0 Å². The molecule has 1 aliphatic rings. The van der Waals surface area contributed by atoms with E-state index in [1.165, 1.54) is 12.8 Å². The third kappa shape index (κ3) is 2.83. The quantitative estimate of drug-likeness (QED) is 0.768. The SMILES string of the molecule is COc1cc(C(=O)C2CCCCS2)ccc1C. The maximum Gasteiger partial charge on any atom is 0.175 e. The maximum atomic E-state index is 12.3. The summed E-state index contributed by atoms with van der Waals surface area (Å²) in [6, 6.07) is 5.74. The predicted octanol–water partition coefficient (Wildman–Crippen LogP) is 3.47. The number of benzene rings is 1. The molecule has 0 spiro atoms. The molecule has 17 heavy (non-hydrogen) atoms. The van der Waals surface area contributed by atoms with Crippen molar-refractivity contribution in [2.24, 2.45) is 0 Å². The van der Waals surface area contributed by atoms with Crippen LogP contribution in [0.1, 0.15) is 35.2 Å². The largest absolute Gasteiger partial charge is 0.496 e. The molecule has 2 nitrogen and oxygen atoms in total. The highest BCUT2D eigenvalue weighted by Gasteiger charge is 2.23. The Morgan fingerprint density at radius 3 is 2.88 bits per heavy atom. The van der Waals surface area contributed by atoms with E-state index in [1.54, 1.807) is 18.9 Å². The summed E-state index contributed by atoms with van der Waals surface area (Å²) in [5, 5.41) is 0.149. The van der Waals surface area contributed by atoms with E-state index < -0.39 is 0 Å². The second kappa shape index (κ2) is 5.58. The van der Waals surface area contributed by atoms with Crippen molar-refractivity contribution in [3.8, 4) is 5.75 Å². The second-order valence-corrected chi connectivity index (χ2v) is 5.71. The number of ketones is 1. The zero-order valence-corrected chi connectivity index (χ0v) is 11.2. The Morgan fingerprint density at radius 1 is 1.41 bits per heavy atom. The average molecular weight is 250 g/mol. The summed E-state index contributed by atoms with van der Waals surface area (Å²) in [7, 11) is 1.64. The summed E-state index contributed by atoms with van der Waals surface area (Å²) >= 11 is 1.79. The third-order valence-electron chi connectivity index (χ3n) is 3.16. The van der Waals surface area contributed by atoms with Crippen LogP contribution >= 0.6 is 11.8 Å². The van der Waals surface area contributed by atoms with Crippen molar-refractivity contribution in [2.75, 3.05) is 12.9 Å². The Labute approximate surface area is 107 Å². The molecule has 0 aliphatic carbocycles. The van der Waals surface area contributed by atoms with Gasteiger partial charge in [-0.2, -0.15) is 11.8 Å². The Bertz CT molecular complexity index is 409. The molecule has 1 fully saturated rings. The van der Waals surface area contributed by atoms with Gasteiger partial charge in [-0.05, 0) is 37.1 Å². The number of carbonyl (C=O) groups excluding carboxylic acids is 1. The standard InChI is InChI=1S/C14H18O2S/c1-10-6-7-11(9-12(10)16-2)14(15)13-5-3-4-8-17-13/h6-7,9,13H,3-5,8H2,1-2H3. The molecule has 1 heterocycles. The second-order valence-electron chi connectivity index (χ2n) is 4.40. The van der Waals surface area contributed by atoms with Crippen molar-refractivity contribution < 1.29 is 9.53 Å². The van der Waals surface area contributed by atoms with Crippen LogP contribution in [-0.2, 0) is 0 Å². The average Bonchev–Trinajstić information content (AvgIpc) is 2.39. The Hall–Kier alpha value is -0.960. The summed E-state index contributed by atoms with van der Waals surface area (Å²) in [5.74, 6) is 2.17. The van der Waals surface area contributed by atoms with E-state index in [-0.39, 0.29) is 11.0 Å². The first-order chi connectivity index (χ1) is 8.22. The van der Waals surface area contributed by atoms with E-state index in [4.69, 9.17) is 4.74 Å². The van der Waals surface area contributed by atoms with Gasteiger partial charge in [-0.15, -0.1) is 0 Å². The van der Waals surface area contributed by atoms with Gasteiger partial charge in [0.2, 0.25) is 0 Å². The number of carbonyl (C=O) groups is 1. The van der Waals surface area contributed by atoms with Gasteiger partial charge < -0.3 is 4.74 Å². The number of hydrogen-bond acceptors (Lipinski definition) is 3. The molecule has 1 aliphatic heterocycles.